The van der Waals surface area contributed by atoms with E-state index in [4.69, 9.17) is 9.47 Å². The summed E-state index contributed by atoms with van der Waals surface area (Å²) < 4.78 is 13.0. The van der Waals surface area contributed by atoms with Gasteiger partial charge in [0.1, 0.15) is 18.1 Å². The number of ether oxygens (including phenoxy) is 2. The van der Waals surface area contributed by atoms with Crippen LogP contribution in [0.4, 0.5) is 0 Å². The van der Waals surface area contributed by atoms with Crippen molar-refractivity contribution in [1.82, 2.24) is 20.1 Å². The summed E-state index contributed by atoms with van der Waals surface area (Å²) in [6.45, 7) is 2.76. The van der Waals surface area contributed by atoms with E-state index in [1.807, 2.05) is 90.4 Å². The molecule has 174 valence electrons. The molecule has 1 heterocycles. The molecule has 0 aliphatic heterocycles. The average molecular weight is 475 g/mol. The molecular formula is C26H26N4O3S. The van der Waals surface area contributed by atoms with E-state index in [1.54, 1.807) is 7.11 Å². The number of hydrogen-bond donors (Lipinski definition) is 1. The van der Waals surface area contributed by atoms with Gasteiger partial charge in [0, 0.05) is 12.2 Å². The third kappa shape index (κ3) is 6.17. The fraction of sp³-hybridized carbons (Fsp3) is 0.192. The lowest BCUT2D eigenvalue weighted by molar-refractivity contribution is -0.118. The minimum Gasteiger partial charge on any atom is -0.497 e. The Kier molecular flexibility index (Phi) is 7.83. The van der Waals surface area contributed by atoms with Gasteiger partial charge in [0.05, 0.1) is 12.9 Å². The molecule has 0 aliphatic rings. The number of methoxy groups -OCH3 is 1. The van der Waals surface area contributed by atoms with Crippen LogP contribution in [0.25, 0.3) is 5.69 Å². The minimum absolute atomic E-state index is 0.0655. The monoisotopic (exact) mass is 474 g/mol. The molecule has 0 radical (unpaired) electrons. The van der Waals surface area contributed by atoms with E-state index < -0.39 is 0 Å². The summed E-state index contributed by atoms with van der Waals surface area (Å²) in [4.78, 5) is 12.4. The highest BCUT2D eigenvalue weighted by Crippen LogP contribution is 2.24. The number of carbonyl (C=O) groups excluding carboxylic acids is 1. The van der Waals surface area contributed by atoms with Crippen LogP contribution in [0.5, 0.6) is 11.5 Å². The van der Waals surface area contributed by atoms with Gasteiger partial charge >= 0.3 is 0 Å². The van der Waals surface area contributed by atoms with Crippen molar-refractivity contribution in [3.63, 3.8) is 0 Å². The molecule has 0 saturated carbocycles. The molecule has 3 aromatic carbocycles. The van der Waals surface area contributed by atoms with E-state index in [0.29, 0.717) is 23.3 Å². The van der Waals surface area contributed by atoms with Gasteiger partial charge in [-0.2, -0.15) is 0 Å². The Morgan fingerprint density at radius 1 is 0.941 bits per heavy atom. The molecule has 1 N–H and O–H groups in total. The van der Waals surface area contributed by atoms with Crippen molar-refractivity contribution in [3.8, 4) is 17.2 Å². The average Bonchev–Trinajstić information content (AvgIpc) is 3.29. The molecule has 0 spiro atoms. The summed E-state index contributed by atoms with van der Waals surface area (Å²) in [5, 5.41) is 12.2. The summed E-state index contributed by atoms with van der Waals surface area (Å²) >= 11 is 1.34. The Labute approximate surface area is 203 Å². The first-order chi connectivity index (χ1) is 16.6. The zero-order chi connectivity index (χ0) is 23.8. The molecular weight excluding hydrogens is 448 g/mol. The van der Waals surface area contributed by atoms with E-state index >= 15 is 0 Å². The van der Waals surface area contributed by atoms with Gasteiger partial charge in [0.15, 0.2) is 11.0 Å². The highest BCUT2D eigenvalue weighted by Gasteiger charge is 2.16. The summed E-state index contributed by atoms with van der Waals surface area (Å²) in [6, 6.07) is 25.3. The highest BCUT2D eigenvalue weighted by molar-refractivity contribution is 7.99. The summed E-state index contributed by atoms with van der Waals surface area (Å²) in [5.74, 6) is 2.27. The smallest absolute Gasteiger partial charge is 0.230 e. The van der Waals surface area contributed by atoms with Gasteiger partial charge in [-0.05, 0) is 48.9 Å². The number of carbonyl (C=O) groups is 1. The molecule has 0 unspecified atom stereocenters. The molecule has 4 aromatic rings. The maximum absolute atomic E-state index is 12.4. The lowest BCUT2D eigenvalue weighted by Crippen LogP contribution is -2.24. The maximum Gasteiger partial charge on any atom is 0.230 e. The van der Waals surface area contributed by atoms with Gasteiger partial charge in [-0.25, -0.2) is 0 Å². The molecule has 0 aliphatic carbocycles. The van der Waals surface area contributed by atoms with Crippen LogP contribution < -0.4 is 14.8 Å². The van der Waals surface area contributed by atoms with Crippen LogP contribution in [0, 0.1) is 6.92 Å². The topological polar surface area (TPSA) is 78.3 Å². The maximum atomic E-state index is 12.4. The largest absolute Gasteiger partial charge is 0.497 e. The molecule has 34 heavy (non-hydrogen) atoms. The normalized spacial score (nSPS) is 10.6. The number of hydrogen-bond acceptors (Lipinski definition) is 6. The van der Waals surface area contributed by atoms with Gasteiger partial charge in [0.25, 0.3) is 0 Å². The van der Waals surface area contributed by atoms with Gasteiger partial charge in [-0.15, -0.1) is 10.2 Å². The summed E-state index contributed by atoms with van der Waals surface area (Å²) in [5.41, 5.74) is 3.16. The number of rotatable bonds is 10. The Morgan fingerprint density at radius 2 is 1.65 bits per heavy atom. The number of para-hydroxylation sites is 1. The molecule has 4 rings (SSSR count). The lowest BCUT2D eigenvalue weighted by Gasteiger charge is -2.11. The predicted octanol–water partition coefficient (Wildman–Crippen LogP) is 4.57. The van der Waals surface area contributed by atoms with E-state index in [2.05, 4.69) is 15.5 Å². The van der Waals surface area contributed by atoms with Gasteiger partial charge in [-0.1, -0.05) is 59.8 Å². The summed E-state index contributed by atoms with van der Waals surface area (Å²) in [7, 11) is 1.63. The van der Waals surface area contributed by atoms with Crippen LogP contribution in [0.2, 0.25) is 0 Å². The molecule has 0 fully saturated rings. The van der Waals surface area contributed by atoms with Crippen molar-refractivity contribution in [2.24, 2.45) is 0 Å². The molecule has 8 heteroatoms. The number of thioether (sulfide) groups is 1. The number of nitrogens with zero attached hydrogens (tertiary/aromatic N) is 3. The molecule has 1 aromatic heterocycles. The van der Waals surface area contributed by atoms with Crippen molar-refractivity contribution in [3.05, 3.63) is 95.8 Å². The van der Waals surface area contributed by atoms with E-state index in [-0.39, 0.29) is 18.3 Å². The Morgan fingerprint density at radius 3 is 2.35 bits per heavy atom. The number of nitrogens with one attached hydrogen (secondary N) is 1. The number of aryl methyl sites for hydroxylation is 1. The van der Waals surface area contributed by atoms with Crippen LogP contribution in [-0.4, -0.2) is 33.5 Å². The highest BCUT2D eigenvalue weighted by atomic mass is 32.2. The van der Waals surface area contributed by atoms with Crippen LogP contribution >= 0.6 is 11.8 Å². The molecule has 1 amide bonds. The first-order valence-corrected chi connectivity index (χ1v) is 11.8. The second-order valence-electron chi connectivity index (χ2n) is 7.58. The van der Waals surface area contributed by atoms with E-state index in [1.165, 1.54) is 17.3 Å². The van der Waals surface area contributed by atoms with Crippen molar-refractivity contribution in [2.75, 3.05) is 12.9 Å². The Bertz CT molecular complexity index is 1210. The standard InChI is InChI=1S/C26H26N4O3S/c1-19-8-10-20(11-9-19)16-27-25(31)18-34-26-29-28-24(30(26)21-6-4-3-5-7-21)17-33-23-14-12-22(32-2)13-15-23/h3-15H,16-18H2,1-2H3,(H,27,31). The fourth-order valence-electron chi connectivity index (χ4n) is 3.23. The molecule has 0 atom stereocenters. The Balaban J connectivity index is 1.42. The number of benzene rings is 3. The lowest BCUT2D eigenvalue weighted by atomic mass is 10.1. The number of aromatic nitrogens is 3. The predicted molar refractivity (Wildman–Crippen MR) is 132 cm³/mol. The van der Waals surface area contributed by atoms with Gasteiger partial charge in [-0.3, -0.25) is 9.36 Å². The molecule has 0 saturated heterocycles. The quantitative estimate of drug-likeness (QED) is 0.339. The van der Waals surface area contributed by atoms with Crippen molar-refractivity contribution >= 4 is 17.7 Å². The minimum atomic E-state index is -0.0655. The SMILES string of the molecule is COc1ccc(OCc2nnc(SCC(=O)NCc3ccc(C)cc3)n2-c2ccccc2)cc1. The zero-order valence-corrected chi connectivity index (χ0v) is 19.9. The second-order valence-corrected chi connectivity index (χ2v) is 8.53. The molecule has 7 nitrogen and oxygen atoms in total. The zero-order valence-electron chi connectivity index (χ0n) is 19.1. The summed E-state index contributed by atoms with van der Waals surface area (Å²) in [6.07, 6.45) is 0. The van der Waals surface area contributed by atoms with Crippen LogP contribution in [0.15, 0.2) is 84.0 Å². The second kappa shape index (κ2) is 11.4. The van der Waals surface area contributed by atoms with Crippen molar-refractivity contribution < 1.29 is 14.3 Å². The van der Waals surface area contributed by atoms with E-state index in [9.17, 15) is 4.79 Å². The van der Waals surface area contributed by atoms with Crippen molar-refractivity contribution in [1.29, 1.82) is 0 Å². The van der Waals surface area contributed by atoms with Crippen LogP contribution in [0.1, 0.15) is 17.0 Å². The fourth-order valence-corrected chi connectivity index (χ4v) is 4.03. The molecule has 0 bridgehead atoms. The van der Waals surface area contributed by atoms with Crippen LogP contribution in [-0.2, 0) is 17.9 Å². The number of amides is 1. The first-order valence-electron chi connectivity index (χ1n) is 10.8. The van der Waals surface area contributed by atoms with Gasteiger partial charge in [0.2, 0.25) is 5.91 Å². The van der Waals surface area contributed by atoms with Crippen LogP contribution in [0.3, 0.4) is 0 Å². The van der Waals surface area contributed by atoms with Gasteiger partial charge < -0.3 is 14.8 Å². The first kappa shape index (κ1) is 23.4. The third-order valence-corrected chi connectivity index (χ3v) is 6.01. The van der Waals surface area contributed by atoms with Crippen molar-refractivity contribution in [2.45, 2.75) is 25.2 Å². The third-order valence-electron chi connectivity index (χ3n) is 5.08. The van der Waals surface area contributed by atoms with E-state index in [0.717, 1.165) is 17.0 Å². The Hall–Kier alpha value is -3.78.